The fourth-order valence-corrected chi connectivity index (χ4v) is 1.61. The fourth-order valence-electron chi connectivity index (χ4n) is 1.42. The molecule has 4 heteroatoms. The highest BCUT2D eigenvalue weighted by Gasteiger charge is 2.37. The van der Waals surface area contributed by atoms with E-state index in [0.717, 1.165) is 41.7 Å². The Labute approximate surface area is 92.3 Å². The van der Waals surface area contributed by atoms with Gasteiger partial charge in [0.2, 0.25) is 0 Å². The second kappa shape index (κ2) is 3.59. The van der Waals surface area contributed by atoms with Gasteiger partial charge < -0.3 is 5.73 Å². The molecule has 1 saturated carbocycles. The van der Waals surface area contributed by atoms with Gasteiger partial charge in [-0.1, -0.05) is 0 Å². The van der Waals surface area contributed by atoms with Gasteiger partial charge in [-0.3, -0.25) is 4.98 Å². The molecule has 2 N–H and O–H groups in total. The maximum absolute atomic E-state index is 6.00. The van der Waals surface area contributed by atoms with Gasteiger partial charge in [0.05, 0.1) is 11.4 Å². The molecule has 0 atom stereocenters. The Morgan fingerprint density at radius 1 is 1.57 bits per heavy atom. The van der Waals surface area contributed by atoms with Crippen LogP contribution in [-0.2, 0) is 6.42 Å². The molecule has 14 heavy (non-hydrogen) atoms. The summed E-state index contributed by atoms with van der Waals surface area (Å²) < 4.78 is 0.829. The molecule has 1 aromatic heterocycles. The first kappa shape index (κ1) is 10.1. The van der Waals surface area contributed by atoms with Crippen molar-refractivity contribution in [3.05, 3.63) is 22.2 Å². The van der Waals surface area contributed by atoms with Crippen molar-refractivity contribution in [2.45, 2.75) is 38.1 Å². The maximum atomic E-state index is 6.00. The van der Waals surface area contributed by atoms with Gasteiger partial charge in [-0.2, -0.15) is 0 Å². The SMILES string of the molecule is Cc1nc(CCC2(N)CC2)cnc1Br. The van der Waals surface area contributed by atoms with Gasteiger partial charge in [0.15, 0.2) is 0 Å². The number of aromatic nitrogens is 2. The molecular formula is C10H14BrN3. The number of nitrogens with two attached hydrogens (primary N) is 1. The van der Waals surface area contributed by atoms with Crippen molar-refractivity contribution >= 4 is 15.9 Å². The van der Waals surface area contributed by atoms with Crippen LogP contribution in [0.15, 0.2) is 10.8 Å². The molecule has 1 aliphatic rings. The van der Waals surface area contributed by atoms with Crippen LogP contribution in [0.25, 0.3) is 0 Å². The van der Waals surface area contributed by atoms with Gasteiger partial charge >= 0.3 is 0 Å². The maximum Gasteiger partial charge on any atom is 0.127 e. The lowest BCUT2D eigenvalue weighted by Gasteiger charge is -2.07. The summed E-state index contributed by atoms with van der Waals surface area (Å²) in [4.78, 5) is 8.65. The molecule has 0 amide bonds. The minimum absolute atomic E-state index is 0.114. The average Bonchev–Trinajstić information content (AvgIpc) is 2.87. The van der Waals surface area contributed by atoms with Crippen molar-refractivity contribution < 1.29 is 0 Å². The Bertz CT molecular complexity index is 347. The largest absolute Gasteiger partial charge is 0.325 e. The molecule has 0 aromatic carbocycles. The van der Waals surface area contributed by atoms with Crippen LogP contribution in [0.4, 0.5) is 0 Å². The standard InChI is InChI=1S/C10H14BrN3/c1-7-9(11)13-6-8(14-7)2-3-10(12)4-5-10/h6H,2-5,12H2,1H3. The lowest BCUT2D eigenvalue weighted by molar-refractivity contribution is 0.601. The van der Waals surface area contributed by atoms with Crippen molar-refractivity contribution in [2.75, 3.05) is 0 Å². The molecular weight excluding hydrogens is 242 g/mol. The number of rotatable bonds is 3. The van der Waals surface area contributed by atoms with E-state index in [4.69, 9.17) is 5.73 Å². The number of halogens is 1. The van der Waals surface area contributed by atoms with Crippen LogP contribution in [0.5, 0.6) is 0 Å². The molecule has 76 valence electrons. The van der Waals surface area contributed by atoms with E-state index < -0.39 is 0 Å². The van der Waals surface area contributed by atoms with Crippen molar-refractivity contribution in [1.29, 1.82) is 0 Å². The quantitative estimate of drug-likeness (QED) is 0.899. The van der Waals surface area contributed by atoms with Gasteiger partial charge in [0, 0.05) is 11.7 Å². The summed E-state index contributed by atoms with van der Waals surface area (Å²) in [5, 5.41) is 0. The van der Waals surface area contributed by atoms with Crippen molar-refractivity contribution in [2.24, 2.45) is 5.73 Å². The number of aryl methyl sites for hydroxylation is 2. The van der Waals surface area contributed by atoms with Crippen LogP contribution < -0.4 is 5.73 Å². The zero-order valence-corrected chi connectivity index (χ0v) is 9.84. The van der Waals surface area contributed by atoms with E-state index in [1.165, 1.54) is 0 Å². The Morgan fingerprint density at radius 2 is 2.29 bits per heavy atom. The van der Waals surface area contributed by atoms with Crippen molar-refractivity contribution in [3.63, 3.8) is 0 Å². The molecule has 0 spiro atoms. The predicted molar refractivity (Wildman–Crippen MR) is 58.9 cm³/mol. The molecule has 1 aromatic rings. The highest BCUT2D eigenvalue weighted by atomic mass is 79.9. The first-order chi connectivity index (χ1) is 6.59. The molecule has 0 saturated heterocycles. The number of hydrogen-bond donors (Lipinski definition) is 1. The summed E-state index contributed by atoms with van der Waals surface area (Å²) in [6.07, 6.45) is 6.12. The molecule has 0 bridgehead atoms. The van der Waals surface area contributed by atoms with Crippen LogP contribution in [0.2, 0.25) is 0 Å². The molecule has 0 unspecified atom stereocenters. The van der Waals surface area contributed by atoms with Crippen LogP contribution in [0.3, 0.4) is 0 Å². The van der Waals surface area contributed by atoms with Gasteiger partial charge in [-0.15, -0.1) is 0 Å². The number of hydrogen-bond acceptors (Lipinski definition) is 3. The Balaban J connectivity index is 1.99. The summed E-state index contributed by atoms with van der Waals surface area (Å²) in [5.74, 6) is 0. The van der Waals surface area contributed by atoms with E-state index in [9.17, 15) is 0 Å². The monoisotopic (exact) mass is 255 g/mol. The summed E-state index contributed by atoms with van der Waals surface area (Å²) >= 11 is 3.33. The lowest BCUT2D eigenvalue weighted by atomic mass is 10.1. The molecule has 3 nitrogen and oxygen atoms in total. The Hall–Kier alpha value is -0.480. The van der Waals surface area contributed by atoms with Crippen molar-refractivity contribution in [3.8, 4) is 0 Å². The fraction of sp³-hybridized carbons (Fsp3) is 0.600. The van der Waals surface area contributed by atoms with Crippen LogP contribution in [0, 0.1) is 6.92 Å². The molecule has 1 fully saturated rings. The Morgan fingerprint density at radius 3 is 2.86 bits per heavy atom. The summed E-state index contributed by atoms with van der Waals surface area (Å²) in [7, 11) is 0. The molecule has 0 aliphatic heterocycles. The summed E-state index contributed by atoms with van der Waals surface area (Å²) in [6, 6.07) is 0. The number of nitrogens with zero attached hydrogens (tertiary/aromatic N) is 2. The molecule has 1 heterocycles. The molecule has 1 aliphatic carbocycles. The highest BCUT2D eigenvalue weighted by Crippen LogP contribution is 2.36. The molecule has 0 radical (unpaired) electrons. The third-order valence-electron chi connectivity index (χ3n) is 2.71. The van der Waals surface area contributed by atoms with E-state index >= 15 is 0 Å². The zero-order valence-electron chi connectivity index (χ0n) is 8.26. The first-order valence-electron chi connectivity index (χ1n) is 4.86. The average molecular weight is 256 g/mol. The smallest absolute Gasteiger partial charge is 0.127 e. The highest BCUT2D eigenvalue weighted by molar-refractivity contribution is 9.10. The minimum Gasteiger partial charge on any atom is -0.325 e. The van der Waals surface area contributed by atoms with Crippen LogP contribution in [-0.4, -0.2) is 15.5 Å². The second-order valence-corrected chi connectivity index (χ2v) is 4.85. The van der Waals surface area contributed by atoms with Crippen LogP contribution in [0.1, 0.15) is 30.7 Å². The predicted octanol–water partition coefficient (Wildman–Crippen LogP) is 1.97. The summed E-state index contributed by atoms with van der Waals surface area (Å²) in [5.41, 5.74) is 8.11. The van der Waals surface area contributed by atoms with E-state index in [0.29, 0.717) is 0 Å². The normalized spacial score (nSPS) is 18.2. The topological polar surface area (TPSA) is 51.8 Å². The van der Waals surface area contributed by atoms with E-state index in [1.807, 2.05) is 13.1 Å². The van der Waals surface area contributed by atoms with Crippen molar-refractivity contribution in [1.82, 2.24) is 9.97 Å². The van der Waals surface area contributed by atoms with Crippen LogP contribution >= 0.6 is 15.9 Å². The van der Waals surface area contributed by atoms with Gasteiger partial charge in [0.25, 0.3) is 0 Å². The minimum atomic E-state index is 0.114. The molecule has 2 rings (SSSR count). The van der Waals surface area contributed by atoms with E-state index in [2.05, 4.69) is 25.9 Å². The van der Waals surface area contributed by atoms with Gasteiger partial charge in [-0.25, -0.2) is 4.98 Å². The van der Waals surface area contributed by atoms with E-state index in [-0.39, 0.29) is 5.54 Å². The first-order valence-corrected chi connectivity index (χ1v) is 5.65. The summed E-state index contributed by atoms with van der Waals surface area (Å²) in [6.45, 7) is 1.95. The van der Waals surface area contributed by atoms with Gasteiger partial charge in [-0.05, 0) is 48.5 Å². The van der Waals surface area contributed by atoms with Gasteiger partial charge in [0.1, 0.15) is 4.60 Å². The Kier molecular flexibility index (Phi) is 2.58. The zero-order chi connectivity index (χ0) is 10.2. The second-order valence-electron chi connectivity index (χ2n) is 4.10. The third-order valence-corrected chi connectivity index (χ3v) is 3.49. The van der Waals surface area contributed by atoms with E-state index in [1.54, 1.807) is 0 Å². The lowest BCUT2D eigenvalue weighted by Crippen LogP contribution is -2.22. The third kappa shape index (κ3) is 2.30.